The topological polar surface area (TPSA) is 64.5 Å². The Labute approximate surface area is 175 Å². The zero-order valence-electron chi connectivity index (χ0n) is 17.1. The van der Waals surface area contributed by atoms with Gasteiger partial charge in [-0.05, 0) is 37.1 Å². The second-order valence-electron chi connectivity index (χ2n) is 6.64. The summed E-state index contributed by atoms with van der Waals surface area (Å²) in [5.74, 6) is 2.50. The van der Waals surface area contributed by atoms with Gasteiger partial charge in [-0.1, -0.05) is 36.0 Å². The molecule has 0 fully saturated rings. The van der Waals surface area contributed by atoms with Crippen LogP contribution >= 0.6 is 11.8 Å². The Morgan fingerprint density at radius 1 is 1.07 bits per heavy atom. The van der Waals surface area contributed by atoms with Gasteiger partial charge < -0.3 is 14.4 Å². The Morgan fingerprint density at radius 3 is 2.59 bits per heavy atom. The number of methoxy groups -OCH3 is 2. The molecule has 29 heavy (non-hydrogen) atoms. The number of ether oxygens (including phenoxy) is 2. The van der Waals surface area contributed by atoms with Crippen molar-refractivity contribution in [2.75, 3.05) is 33.6 Å². The zero-order valence-corrected chi connectivity index (χ0v) is 18.0. The van der Waals surface area contributed by atoms with Crippen molar-refractivity contribution < 1.29 is 14.3 Å². The third kappa shape index (κ3) is 5.17. The van der Waals surface area contributed by atoms with E-state index >= 15 is 0 Å². The zero-order chi connectivity index (χ0) is 20.8. The molecule has 0 N–H and O–H groups in total. The maximum absolute atomic E-state index is 12.6. The summed E-state index contributed by atoms with van der Waals surface area (Å²) < 4.78 is 10.6. The van der Waals surface area contributed by atoms with Crippen molar-refractivity contribution in [3.8, 4) is 11.5 Å². The highest BCUT2D eigenvalue weighted by Gasteiger charge is 2.13. The molecule has 3 aromatic rings. The normalized spacial score (nSPS) is 10.8. The molecule has 152 valence electrons. The lowest BCUT2D eigenvalue weighted by molar-refractivity contribution is -0.127. The molecule has 3 rings (SSSR count). The fourth-order valence-electron chi connectivity index (χ4n) is 2.97. The van der Waals surface area contributed by atoms with Gasteiger partial charge in [0.15, 0.2) is 11.5 Å². The number of carbonyl (C=O) groups is 1. The monoisotopic (exact) mass is 411 g/mol. The Bertz CT molecular complexity index is 1010. The molecule has 7 heteroatoms. The Balaban J connectivity index is 1.59. The minimum Gasteiger partial charge on any atom is -0.493 e. The molecule has 0 aliphatic rings. The second-order valence-corrected chi connectivity index (χ2v) is 7.60. The number of amides is 1. The highest BCUT2D eigenvalue weighted by atomic mass is 32.2. The summed E-state index contributed by atoms with van der Waals surface area (Å²) in [6, 6.07) is 13.7. The van der Waals surface area contributed by atoms with Gasteiger partial charge in [0.05, 0.1) is 25.5 Å². The Morgan fingerprint density at radius 2 is 1.83 bits per heavy atom. The van der Waals surface area contributed by atoms with Crippen LogP contribution in [0.4, 0.5) is 0 Å². The Kier molecular flexibility index (Phi) is 6.93. The van der Waals surface area contributed by atoms with E-state index < -0.39 is 0 Å². The number of hydrogen-bond acceptors (Lipinski definition) is 6. The van der Waals surface area contributed by atoms with E-state index in [9.17, 15) is 4.79 Å². The van der Waals surface area contributed by atoms with Crippen molar-refractivity contribution in [3.63, 3.8) is 0 Å². The van der Waals surface area contributed by atoms with Crippen LogP contribution in [-0.2, 0) is 11.2 Å². The predicted molar refractivity (Wildman–Crippen MR) is 116 cm³/mol. The average Bonchev–Trinajstić information content (AvgIpc) is 2.75. The number of carbonyl (C=O) groups excluding carboxylic acids is 1. The van der Waals surface area contributed by atoms with Crippen LogP contribution in [0.5, 0.6) is 11.5 Å². The molecule has 0 aliphatic heterocycles. The molecule has 0 atom stereocenters. The first kappa shape index (κ1) is 20.9. The summed E-state index contributed by atoms with van der Waals surface area (Å²) in [6.07, 6.45) is 0.739. The maximum Gasteiger partial charge on any atom is 0.232 e. The SMILES string of the molecule is COc1ccc(CCN(C)C(=O)CSc2nc(C)nc3ccccc23)cc1OC. The van der Waals surface area contributed by atoms with Crippen LogP contribution in [-0.4, -0.2) is 54.3 Å². The van der Waals surface area contributed by atoms with Gasteiger partial charge in [-0.25, -0.2) is 9.97 Å². The van der Waals surface area contributed by atoms with Crippen molar-refractivity contribution >= 4 is 28.6 Å². The molecular formula is C22H25N3O3S. The Hall–Kier alpha value is -2.80. The van der Waals surface area contributed by atoms with Crippen LogP contribution in [0.1, 0.15) is 11.4 Å². The van der Waals surface area contributed by atoms with Gasteiger partial charge in [0.25, 0.3) is 0 Å². The number of para-hydroxylation sites is 1. The van der Waals surface area contributed by atoms with Gasteiger partial charge in [0.2, 0.25) is 5.91 Å². The lowest BCUT2D eigenvalue weighted by atomic mass is 10.1. The summed E-state index contributed by atoms with van der Waals surface area (Å²) in [5.41, 5.74) is 1.99. The molecule has 0 aliphatic carbocycles. The van der Waals surface area contributed by atoms with Gasteiger partial charge in [-0.3, -0.25) is 4.79 Å². The van der Waals surface area contributed by atoms with Crippen LogP contribution in [0.2, 0.25) is 0 Å². The predicted octanol–water partition coefficient (Wildman–Crippen LogP) is 3.75. The van der Waals surface area contributed by atoms with Gasteiger partial charge in [-0.2, -0.15) is 0 Å². The number of likely N-dealkylation sites (N-methyl/N-ethyl adjacent to an activating group) is 1. The van der Waals surface area contributed by atoms with Crippen molar-refractivity contribution in [1.82, 2.24) is 14.9 Å². The summed E-state index contributed by atoms with van der Waals surface area (Å²) in [5, 5.41) is 1.82. The molecule has 1 aromatic heterocycles. The van der Waals surface area contributed by atoms with E-state index in [1.54, 1.807) is 19.1 Å². The minimum atomic E-state index is 0.0656. The quantitative estimate of drug-likeness (QED) is 0.416. The molecule has 1 amide bonds. The van der Waals surface area contributed by atoms with Gasteiger partial charge in [0.1, 0.15) is 10.9 Å². The smallest absolute Gasteiger partial charge is 0.232 e. The number of aromatic nitrogens is 2. The third-order valence-corrected chi connectivity index (χ3v) is 5.60. The highest BCUT2D eigenvalue weighted by molar-refractivity contribution is 8.00. The first-order chi connectivity index (χ1) is 14.0. The van der Waals surface area contributed by atoms with Crippen LogP contribution in [0.15, 0.2) is 47.5 Å². The molecular weight excluding hydrogens is 386 g/mol. The number of thioether (sulfide) groups is 1. The van der Waals surface area contributed by atoms with Gasteiger partial charge in [-0.15, -0.1) is 0 Å². The van der Waals surface area contributed by atoms with Crippen LogP contribution in [0, 0.1) is 6.92 Å². The van der Waals surface area contributed by atoms with Crippen LogP contribution < -0.4 is 9.47 Å². The summed E-state index contributed by atoms with van der Waals surface area (Å²) in [6.45, 7) is 2.49. The summed E-state index contributed by atoms with van der Waals surface area (Å²) in [4.78, 5) is 23.3. The fraction of sp³-hybridized carbons (Fsp3) is 0.318. The van der Waals surface area contributed by atoms with E-state index in [0.29, 0.717) is 29.6 Å². The molecule has 6 nitrogen and oxygen atoms in total. The van der Waals surface area contributed by atoms with Crippen molar-refractivity contribution in [2.24, 2.45) is 0 Å². The average molecular weight is 412 g/mol. The van der Waals surface area contributed by atoms with E-state index in [1.165, 1.54) is 11.8 Å². The summed E-state index contributed by atoms with van der Waals surface area (Å²) in [7, 11) is 5.06. The molecule has 2 aromatic carbocycles. The van der Waals surface area contributed by atoms with E-state index in [-0.39, 0.29) is 5.91 Å². The molecule has 0 bridgehead atoms. The number of benzene rings is 2. The molecule has 1 heterocycles. The molecule has 0 saturated carbocycles. The number of rotatable bonds is 8. The fourth-order valence-corrected chi connectivity index (χ4v) is 3.97. The van der Waals surface area contributed by atoms with Gasteiger partial charge >= 0.3 is 0 Å². The van der Waals surface area contributed by atoms with E-state index in [2.05, 4.69) is 9.97 Å². The number of fused-ring (bicyclic) bond motifs is 1. The largest absolute Gasteiger partial charge is 0.493 e. The maximum atomic E-state index is 12.6. The van der Waals surface area contributed by atoms with E-state index in [1.807, 2.05) is 56.4 Å². The van der Waals surface area contributed by atoms with Crippen LogP contribution in [0.3, 0.4) is 0 Å². The first-order valence-electron chi connectivity index (χ1n) is 9.33. The summed E-state index contributed by atoms with van der Waals surface area (Å²) >= 11 is 1.45. The molecule has 0 radical (unpaired) electrons. The van der Waals surface area contributed by atoms with Crippen LogP contribution in [0.25, 0.3) is 10.9 Å². The third-order valence-electron chi connectivity index (χ3n) is 4.62. The van der Waals surface area contributed by atoms with Crippen molar-refractivity contribution in [3.05, 3.63) is 53.9 Å². The number of aryl methyl sites for hydroxylation is 1. The molecule has 0 unspecified atom stereocenters. The lowest BCUT2D eigenvalue weighted by Gasteiger charge is -2.17. The standard InChI is InChI=1S/C22H25N3O3S/c1-15-23-18-8-6-5-7-17(18)22(24-15)29-14-21(26)25(2)12-11-16-9-10-19(27-3)20(13-16)28-4/h5-10,13H,11-12,14H2,1-4H3. The van der Waals surface area contributed by atoms with Gasteiger partial charge in [0, 0.05) is 19.0 Å². The van der Waals surface area contributed by atoms with Crippen molar-refractivity contribution in [2.45, 2.75) is 18.4 Å². The number of hydrogen-bond donors (Lipinski definition) is 0. The minimum absolute atomic E-state index is 0.0656. The second kappa shape index (κ2) is 9.60. The van der Waals surface area contributed by atoms with E-state index in [4.69, 9.17) is 9.47 Å². The van der Waals surface area contributed by atoms with Crippen molar-refractivity contribution in [1.29, 1.82) is 0 Å². The number of nitrogens with zero attached hydrogens (tertiary/aromatic N) is 3. The molecule has 0 spiro atoms. The van der Waals surface area contributed by atoms with E-state index in [0.717, 1.165) is 27.9 Å². The lowest BCUT2D eigenvalue weighted by Crippen LogP contribution is -2.30. The molecule has 0 saturated heterocycles. The highest BCUT2D eigenvalue weighted by Crippen LogP contribution is 2.28. The first-order valence-corrected chi connectivity index (χ1v) is 10.3.